The molecule has 0 aliphatic carbocycles. The summed E-state index contributed by atoms with van der Waals surface area (Å²) in [7, 11) is 0. The van der Waals surface area contributed by atoms with Gasteiger partial charge in [0.2, 0.25) is 0 Å². The number of para-hydroxylation sites is 3. The molecule has 0 spiro atoms. The highest BCUT2D eigenvalue weighted by atomic mass is 32.2. The zero-order chi connectivity index (χ0) is 20.3. The normalized spacial score (nSPS) is 15.1. The minimum absolute atomic E-state index is 0.0744. The molecule has 0 bridgehead atoms. The fraction of sp³-hybridized carbons (Fsp3) is 0.136. The van der Waals surface area contributed by atoms with Crippen molar-refractivity contribution < 1.29 is 14.3 Å². The number of thiophene rings is 1. The van der Waals surface area contributed by atoms with Crippen LogP contribution in [0.2, 0.25) is 0 Å². The summed E-state index contributed by atoms with van der Waals surface area (Å²) < 4.78 is 14.0. The van der Waals surface area contributed by atoms with Gasteiger partial charge >= 0.3 is 0 Å². The molecule has 0 fully saturated rings. The van der Waals surface area contributed by atoms with Crippen molar-refractivity contribution >= 4 is 28.9 Å². The largest absolute Gasteiger partial charge is 0.485 e. The van der Waals surface area contributed by atoms with Gasteiger partial charge in [-0.2, -0.15) is 0 Å². The minimum atomic E-state index is -0.407. The van der Waals surface area contributed by atoms with Crippen molar-refractivity contribution in [3.63, 3.8) is 0 Å². The Balaban J connectivity index is 1.45. The van der Waals surface area contributed by atoms with E-state index >= 15 is 0 Å². The molecule has 1 aliphatic rings. The monoisotopic (exact) mass is 435 g/mol. The summed E-state index contributed by atoms with van der Waals surface area (Å²) in [6.07, 6.45) is -0.407. The van der Waals surface area contributed by atoms with E-state index in [9.17, 15) is 4.79 Å². The molecular formula is C22H17N3O3S2. The smallest absolute Gasteiger partial charge is 0.196 e. The van der Waals surface area contributed by atoms with E-state index in [1.54, 1.807) is 0 Å². The molecule has 2 aromatic carbocycles. The number of nitrogens with zero attached hydrogens (tertiary/aromatic N) is 3. The first-order valence-corrected chi connectivity index (χ1v) is 11.2. The van der Waals surface area contributed by atoms with E-state index in [-0.39, 0.29) is 11.5 Å². The third-order valence-electron chi connectivity index (χ3n) is 4.60. The molecule has 5 rings (SSSR count). The van der Waals surface area contributed by atoms with Crippen LogP contribution >= 0.6 is 23.1 Å². The van der Waals surface area contributed by atoms with Gasteiger partial charge in [-0.1, -0.05) is 48.2 Å². The first-order chi connectivity index (χ1) is 14.8. The number of Topliss-reactive ketones (excluding diaryl/α,β-unsaturated/α-hetero) is 1. The maximum Gasteiger partial charge on any atom is 0.196 e. The summed E-state index contributed by atoms with van der Waals surface area (Å²) in [5, 5.41) is 11.3. The molecule has 6 nitrogen and oxygen atoms in total. The van der Waals surface area contributed by atoms with Gasteiger partial charge in [0.05, 0.1) is 10.6 Å². The Labute approximate surface area is 181 Å². The van der Waals surface area contributed by atoms with E-state index in [0.717, 1.165) is 16.3 Å². The standard InChI is InChI=1S/C22H17N3O3S2/c26-16(20-11-6-12-29-20)14-30-22-24-23-21(25(22)15-7-2-1-3-8-15)19-13-27-17-9-4-5-10-18(17)28-19/h1-12,19H,13-14H2. The van der Waals surface area contributed by atoms with Crippen LogP contribution in [0.15, 0.2) is 77.3 Å². The maximum atomic E-state index is 12.5. The van der Waals surface area contributed by atoms with Crippen LogP contribution in [-0.4, -0.2) is 32.9 Å². The van der Waals surface area contributed by atoms with Crippen molar-refractivity contribution in [2.24, 2.45) is 0 Å². The van der Waals surface area contributed by atoms with Crippen molar-refractivity contribution in [1.82, 2.24) is 14.8 Å². The lowest BCUT2D eigenvalue weighted by atomic mass is 10.2. The lowest BCUT2D eigenvalue weighted by Gasteiger charge is -2.26. The maximum absolute atomic E-state index is 12.5. The second-order valence-corrected chi connectivity index (χ2v) is 8.46. The molecule has 30 heavy (non-hydrogen) atoms. The molecule has 4 aromatic rings. The molecule has 1 aliphatic heterocycles. The molecule has 1 atom stereocenters. The van der Waals surface area contributed by atoms with Crippen LogP contribution < -0.4 is 9.47 Å². The number of carbonyl (C=O) groups is 1. The van der Waals surface area contributed by atoms with Crippen molar-refractivity contribution in [1.29, 1.82) is 0 Å². The Hall–Kier alpha value is -3.10. The molecular weight excluding hydrogens is 418 g/mol. The Kier molecular flexibility index (Phi) is 5.25. The van der Waals surface area contributed by atoms with Crippen molar-refractivity contribution in [3.05, 3.63) is 82.8 Å². The van der Waals surface area contributed by atoms with Gasteiger partial charge < -0.3 is 9.47 Å². The van der Waals surface area contributed by atoms with Gasteiger partial charge in [0, 0.05) is 5.69 Å². The molecule has 0 saturated heterocycles. The van der Waals surface area contributed by atoms with Crippen molar-refractivity contribution in [2.45, 2.75) is 11.3 Å². The highest BCUT2D eigenvalue weighted by molar-refractivity contribution is 7.99. The van der Waals surface area contributed by atoms with Crippen molar-refractivity contribution in [3.8, 4) is 17.2 Å². The molecule has 3 heterocycles. The average Bonchev–Trinajstić information content (AvgIpc) is 3.48. The predicted molar refractivity (Wildman–Crippen MR) is 116 cm³/mol. The molecule has 8 heteroatoms. The van der Waals surface area contributed by atoms with E-state index in [2.05, 4.69) is 10.2 Å². The highest BCUT2D eigenvalue weighted by Gasteiger charge is 2.29. The van der Waals surface area contributed by atoms with Gasteiger partial charge in [0.15, 0.2) is 34.4 Å². The molecule has 0 radical (unpaired) electrons. The molecule has 150 valence electrons. The quantitative estimate of drug-likeness (QED) is 0.320. The van der Waals surface area contributed by atoms with Gasteiger partial charge in [-0.3, -0.25) is 9.36 Å². The number of benzene rings is 2. The fourth-order valence-corrected chi connectivity index (χ4v) is 4.79. The van der Waals surface area contributed by atoms with E-state index in [0.29, 0.717) is 23.3 Å². The first kappa shape index (κ1) is 18.9. The van der Waals surface area contributed by atoms with E-state index < -0.39 is 6.10 Å². The van der Waals surface area contributed by atoms with Crippen LogP contribution in [0.5, 0.6) is 11.5 Å². The average molecular weight is 436 g/mol. The SMILES string of the molecule is O=C(CSc1nnc(C2COc3ccccc3O2)n1-c1ccccc1)c1cccs1. The summed E-state index contributed by atoms with van der Waals surface area (Å²) in [5.41, 5.74) is 0.908. The Bertz CT molecular complexity index is 1160. The predicted octanol–water partition coefficient (Wildman–Crippen LogP) is 4.82. The molecule has 1 unspecified atom stereocenters. The minimum Gasteiger partial charge on any atom is -0.485 e. The number of aromatic nitrogens is 3. The van der Waals surface area contributed by atoms with Crippen LogP contribution in [0.25, 0.3) is 5.69 Å². The Morgan fingerprint density at radius 1 is 1.03 bits per heavy atom. The molecule has 0 saturated carbocycles. The summed E-state index contributed by atoms with van der Waals surface area (Å²) >= 11 is 2.81. The number of carbonyl (C=O) groups excluding carboxylic acids is 1. The number of thioether (sulfide) groups is 1. The van der Waals surface area contributed by atoms with Crippen LogP contribution in [0.3, 0.4) is 0 Å². The summed E-state index contributed by atoms with van der Waals surface area (Å²) in [5.74, 6) is 2.40. The van der Waals surface area contributed by atoms with Crippen LogP contribution in [-0.2, 0) is 0 Å². The fourth-order valence-electron chi connectivity index (χ4n) is 3.19. The topological polar surface area (TPSA) is 66.2 Å². The van der Waals surface area contributed by atoms with E-state index in [1.807, 2.05) is 76.7 Å². The molecule has 0 N–H and O–H groups in total. The van der Waals surface area contributed by atoms with Gasteiger partial charge in [-0.05, 0) is 35.7 Å². The summed E-state index contributed by atoms with van der Waals surface area (Å²) in [6.45, 7) is 0.334. The summed E-state index contributed by atoms with van der Waals surface area (Å²) in [6, 6.07) is 21.1. The number of ketones is 1. The second kappa shape index (κ2) is 8.33. The molecule has 2 aromatic heterocycles. The van der Waals surface area contributed by atoms with Gasteiger partial charge in [-0.15, -0.1) is 21.5 Å². The van der Waals surface area contributed by atoms with E-state index in [4.69, 9.17) is 9.47 Å². The van der Waals surface area contributed by atoms with Crippen LogP contribution in [0.4, 0.5) is 0 Å². The van der Waals surface area contributed by atoms with Crippen LogP contribution in [0, 0.1) is 0 Å². The van der Waals surface area contributed by atoms with Crippen LogP contribution in [0.1, 0.15) is 21.6 Å². The second-order valence-electron chi connectivity index (χ2n) is 6.57. The number of hydrogen-bond acceptors (Lipinski definition) is 7. The third kappa shape index (κ3) is 3.71. The van der Waals surface area contributed by atoms with Crippen molar-refractivity contribution in [2.75, 3.05) is 12.4 Å². The first-order valence-electron chi connectivity index (χ1n) is 9.38. The third-order valence-corrected chi connectivity index (χ3v) is 6.44. The van der Waals surface area contributed by atoms with E-state index in [1.165, 1.54) is 23.1 Å². The zero-order valence-electron chi connectivity index (χ0n) is 15.8. The van der Waals surface area contributed by atoms with Gasteiger partial charge in [0.1, 0.15) is 6.61 Å². The Morgan fingerprint density at radius 2 is 1.83 bits per heavy atom. The molecule has 0 amide bonds. The number of hydrogen-bond donors (Lipinski definition) is 0. The van der Waals surface area contributed by atoms with Gasteiger partial charge in [-0.25, -0.2) is 0 Å². The Morgan fingerprint density at radius 3 is 2.63 bits per heavy atom. The number of rotatable bonds is 6. The van der Waals surface area contributed by atoms with Gasteiger partial charge in [0.25, 0.3) is 0 Å². The lowest BCUT2D eigenvalue weighted by molar-refractivity contribution is 0.0835. The highest BCUT2D eigenvalue weighted by Crippen LogP contribution is 2.37. The number of fused-ring (bicyclic) bond motifs is 1. The summed E-state index contributed by atoms with van der Waals surface area (Å²) in [4.78, 5) is 13.2. The number of ether oxygens (including phenoxy) is 2. The lowest BCUT2D eigenvalue weighted by Crippen LogP contribution is -2.24. The zero-order valence-corrected chi connectivity index (χ0v) is 17.4.